The highest BCUT2D eigenvalue weighted by Gasteiger charge is 2.53. The average Bonchev–Trinajstić information content (AvgIpc) is 0.855. The lowest BCUT2D eigenvalue weighted by molar-refractivity contribution is -0.379. The van der Waals surface area contributed by atoms with Crippen LogP contribution in [-0.4, -0.2) is 193 Å². The molecular weight excluding hydrogens is 1180 g/mol. The summed E-state index contributed by atoms with van der Waals surface area (Å²) in [5, 5.41) is 121. The third-order valence-electron chi connectivity index (χ3n) is 19.3. The first-order valence-electron chi connectivity index (χ1n) is 37.9. The maximum absolute atomic E-state index is 13.4. The van der Waals surface area contributed by atoms with Crippen LogP contribution in [0.25, 0.3) is 0 Å². The Morgan fingerprint density at radius 3 is 1.05 bits per heavy atom. The molecule has 0 saturated carbocycles. The molecule has 544 valence electrons. The predicted molar refractivity (Wildman–Crippen MR) is 360 cm³/mol. The van der Waals surface area contributed by atoms with Gasteiger partial charge in [-0.1, -0.05) is 283 Å². The van der Waals surface area contributed by atoms with Crippen LogP contribution in [0.5, 0.6) is 0 Å². The molecule has 0 spiro atoms. The molecule has 3 rings (SSSR count). The van der Waals surface area contributed by atoms with Gasteiger partial charge in [-0.25, -0.2) is 0 Å². The van der Waals surface area contributed by atoms with Gasteiger partial charge in [-0.15, -0.1) is 0 Å². The molecule has 19 nitrogen and oxygen atoms in total. The minimum atomic E-state index is -1.97. The zero-order valence-corrected chi connectivity index (χ0v) is 57.8. The van der Waals surface area contributed by atoms with Crippen LogP contribution in [0, 0.1) is 0 Å². The number of aliphatic hydroxyl groups is 11. The van der Waals surface area contributed by atoms with E-state index >= 15 is 0 Å². The van der Waals surface area contributed by atoms with Gasteiger partial charge in [-0.3, -0.25) is 4.79 Å². The fraction of sp³-hybridized carbons (Fsp3) is 0.959. The molecule has 1 amide bonds. The van der Waals surface area contributed by atoms with Crippen molar-refractivity contribution in [1.29, 1.82) is 0 Å². The van der Waals surface area contributed by atoms with E-state index in [9.17, 15) is 61.0 Å². The van der Waals surface area contributed by atoms with Gasteiger partial charge in [0.25, 0.3) is 0 Å². The monoisotopic (exact) mass is 1320 g/mol. The normalized spacial score (nSPS) is 27.7. The number of nitrogens with one attached hydrogen (secondary N) is 1. The van der Waals surface area contributed by atoms with Gasteiger partial charge in [0.2, 0.25) is 5.91 Å². The lowest BCUT2D eigenvalue weighted by Gasteiger charge is -2.48. The molecular formula is C73H139NO18. The molecule has 92 heavy (non-hydrogen) atoms. The first kappa shape index (κ1) is 84.8. The number of carbonyl (C=O) groups is 1. The Morgan fingerprint density at radius 2 is 0.685 bits per heavy atom. The summed E-state index contributed by atoms with van der Waals surface area (Å²) >= 11 is 0. The number of hydrogen-bond acceptors (Lipinski definition) is 18. The molecule has 0 aromatic heterocycles. The van der Waals surface area contributed by atoms with Crippen molar-refractivity contribution in [1.82, 2.24) is 5.32 Å². The van der Waals surface area contributed by atoms with Crippen LogP contribution in [0.2, 0.25) is 0 Å². The van der Waals surface area contributed by atoms with Crippen molar-refractivity contribution < 1.29 is 89.4 Å². The van der Waals surface area contributed by atoms with E-state index in [0.717, 1.165) is 51.4 Å². The minimum Gasteiger partial charge on any atom is -0.394 e. The van der Waals surface area contributed by atoms with Gasteiger partial charge in [0, 0.05) is 6.42 Å². The number of unbranched alkanes of at least 4 members (excludes halogenated alkanes) is 42. The Bertz CT molecular complexity index is 1720. The zero-order valence-electron chi connectivity index (χ0n) is 57.8. The number of carbonyl (C=O) groups excluding carboxylic acids is 1. The molecule has 3 fully saturated rings. The number of hydrogen-bond donors (Lipinski definition) is 12. The summed E-state index contributed by atoms with van der Waals surface area (Å²) in [5.74, 6) is -0.240. The van der Waals surface area contributed by atoms with Crippen molar-refractivity contribution >= 4 is 5.91 Å². The number of allylic oxidation sites excluding steroid dienone is 2. The van der Waals surface area contributed by atoms with Gasteiger partial charge < -0.3 is 89.9 Å². The molecule has 12 N–H and O–H groups in total. The van der Waals surface area contributed by atoms with Crippen LogP contribution < -0.4 is 5.32 Å². The van der Waals surface area contributed by atoms with Crippen LogP contribution >= 0.6 is 0 Å². The Hall–Kier alpha value is -1.47. The second-order valence-electron chi connectivity index (χ2n) is 27.5. The fourth-order valence-corrected chi connectivity index (χ4v) is 13.2. The van der Waals surface area contributed by atoms with Crippen molar-refractivity contribution in [2.75, 3.05) is 26.4 Å². The highest BCUT2D eigenvalue weighted by Crippen LogP contribution is 2.33. The topological polar surface area (TPSA) is 307 Å². The Balaban J connectivity index is 1.39. The molecule has 3 heterocycles. The third-order valence-corrected chi connectivity index (χ3v) is 19.3. The quantitative estimate of drug-likeness (QED) is 0.0199. The van der Waals surface area contributed by atoms with Crippen LogP contribution in [0.1, 0.15) is 316 Å². The van der Waals surface area contributed by atoms with Crippen molar-refractivity contribution in [3.05, 3.63) is 12.2 Å². The smallest absolute Gasteiger partial charge is 0.220 e. The molecule has 0 aliphatic carbocycles. The Kier molecular flexibility index (Phi) is 51.0. The molecule has 0 radical (unpaired) electrons. The van der Waals surface area contributed by atoms with Crippen LogP contribution in [0.3, 0.4) is 0 Å². The fourth-order valence-electron chi connectivity index (χ4n) is 13.2. The maximum Gasteiger partial charge on any atom is 0.220 e. The van der Waals surface area contributed by atoms with Gasteiger partial charge in [-0.2, -0.15) is 0 Å². The minimum absolute atomic E-state index is 0.240. The predicted octanol–water partition coefficient (Wildman–Crippen LogP) is 11.2. The lowest BCUT2D eigenvalue weighted by atomic mass is 9.96. The average molecular weight is 1320 g/mol. The molecule has 17 unspecified atom stereocenters. The molecule has 0 bridgehead atoms. The maximum atomic E-state index is 13.4. The summed E-state index contributed by atoms with van der Waals surface area (Å²) in [6, 6.07) is -0.887. The largest absolute Gasteiger partial charge is 0.394 e. The second-order valence-corrected chi connectivity index (χ2v) is 27.5. The molecule has 0 aromatic carbocycles. The van der Waals surface area contributed by atoms with Gasteiger partial charge >= 0.3 is 0 Å². The molecule has 19 heteroatoms. The van der Waals surface area contributed by atoms with E-state index in [0.29, 0.717) is 12.8 Å². The summed E-state index contributed by atoms with van der Waals surface area (Å²) in [6.45, 7) is 1.84. The van der Waals surface area contributed by atoms with E-state index in [1.54, 1.807) is 0 Å². The lowest BCUT2D eigenvalue weighted by Crippen LogP contribution is -2.66. The van der Waals surface area contributed by atoms with E-state index in [2.05, 4.69) is 31.3 Å². The SMILES string of the molecule is CCCCCCCC/C=C\CCCCCCCCCCCC(=O)NC(COC1OC(CO)C(OC2OC(CO)C(OC3OC(CO)C(O)C(O)C3O)C(O)C2O)C(O)C1O)C(O)CCCCCCCCCCCCCCCCCCCCCCCCCCCCCC. The summed E-state index contributed by atoms with van der Waals surface area (Å²) in [5.41, 5.74) is 0. The van der Waals surface area contributed by atoms with Gasteiger partial charge in [0.15, 0.2) is 18.9 Å². The van der Waals surface area contributed by atoms with Crippen molar-refractivity contribution in [2.24, 2.45) is 0 Å². The van der Waals surface area contributed by atoms with Gasteiger partial charge in [-0.05, 0) is 38.5 Å². The van der Waals surface area contributed by atoms with Crippen molar-refractivity contribution in [3.63, 3.8) is 0 Å². The first-order chi connectivity index (χ1) is 44.8. The van der Waals surface area contributed by atoms with E-state index in [1.165, 1.54) is 231 Å². The van der Waals surface area contributed by atoms with Crippen molar-refractivity contribution in [2.45, 2.75) is 420 Å². The van der Waals surface area contributed by atoms with Gasteiger partial charge in [0.1, 0.15) is 73.2 Å². The van der Waals surface area contributed by atoms with Crippen LogP contribution in [0.15, 0.2) is 12.2 Å². The van der Waals surface area contributed by atoms with Gasteiger partial charge in [0.05, 0.1) is 38.6 Å². The standard InChI is InChI=1S/C73H139NO18/c1-3-5-7-9-11-13-15-17-19-21-23-24-25-26-27-28-29-30-31-33-34-36-38-40-42-44-46-48-50-57(78)56(74-61(79)51-49-47-45-43-41-39-37-35-32-22-20-18-16-14-12-10-8-6-4-2)55-87-71-67(85)64(82)69(59(53-76)89-71)92-73-68(86)65(83)70(60(54-77)90-73)91-72-66(84)63(81)62(80)58(52-75)88-72/h18,20,56-60,62-73,75-78,80-86H,3-17,19,21-55H2,1-2H3,(H,74,79)/b20-18-. The molecule has 3 aliphatic rings. The molecule has 3 saturated heterocycles. The number of ether oxygens (including phenoxy) is 6. The Labute approximate surface area is 556 Å². The Morgan fingerprint density at radius 1 is 0.380 bits per heavy atom. The summed E-state index contributed by atoms with van der Waals surface area (Å²) in [4.78, 5) is 13.4. The molecule has 0 aromatic rings. The van der Waals surface area contributed by atoms with E-state index in [-0.39, 0.29) is 18.9 Å². The zero-order chi connectivity index (χ0) is 66.8. The van der Waals surface area contributed by atoms with E-state index in [1.807, 2.05) is 0 Å². The highest BCUT2D eigenvalue weighted by molar-refractivity contribution is 5.76. The van der Waals surface area contributed by atoms with Crippen LogP contribution in [-0.2, 0) is 33.2 Å². The first-order valence-corrected chi connectivity index (χ1v) is 37.9. The second kappa shape index (κ2) is 55.4. The van der Waals surface area contributed by atoms with Crippen molar-refractivity contribution in [3.8, 4) is 0 Å². The summed E-state index contributed by atoms with van der Waals surface area (Å²) in [6.07, 6.45) is 35.8. The molecule has 17 atom stereocenters. The third kappa shape index (κ3) is 36.4. The number of aliphatic hydroxyl groups excluding tert-OH is 11. The van der Waals surface area contributed by atoms with E-state index in [4.69, 9.17) is 28.4 Å². The number of amides is 1. The summed E-state index contributed by atoms with van der Waals surface area (Å²) < 4.78 is 34.5. The van der Waals surface area contributed by atoms with E-state index < -0.39 is 124 Å². The van der Waals surface area contributed by atoms with Crippen LogP contribution in [0.4, 0.5) is 0 Å². The summed E-state index contributed by atoms with van der Waals surface area (Å²) in [7, 11) is 0. The number of rotatable bonds is 60. The highest BCUT2D eigenvalue weighted by atomic mass is 16.8. The molecule has 3 aliphatic heterocycles.